The van der Waals surface area contributed by atoms with Crippen LogP contribution >= 0.6 is 0 Å². The van der Waals surface area contributed by atoms with E-state index in [4.69, 9.17) is 9.47 Å². The number of likely N-dealkylation sites (N-methyl/N-ethyl adjacent to an activating group) is 1. The molecule has 2 rings (SSSR count). The zero-order valence-electron chi connectivity index (χ0n) is 12.8. The Kier molecular flexibility index (Phi) is 6.26. The van der Waals surface area contributed by atoms with Gasteiger partial charge in [-0.1, -0.05) is 6.92 Å². The number of carbonyl (C=O) groups excluding carboxylic acids is 1. The molecule has 20 heavy (non-hydrogen) atoms. The fourth-order valence-corrected chi connectivity index (χ4v) is 3.08. The van der Waals surface area contributed by atoms with Crippen LogP contribution in [0.1, 0.15) is 26.7 Å². The van der Waals surface area contributed by atoms with E-state index in [1.807, 2.05) is 6.92 Å². The highest BCUT2D eigenvalue weighted by molar-refractivity contribution is 5.72. The van der Waals surface area contributed by atoms with Gasteiger partial charge in [0.1, 0.15) is 0 Å². The molecule has 0 amide bonds. The van der Waals surface area contributed by atoms with Gasteiger partial charge in [0.25, 0.3) is 0 Å². The van der Waals surface area contributed by atoms with Crippen molar-refractivity contribution >= 4 is 5.97 Å². The zero-order valence-corrected chi connectivity index (χ0v) is 12.8. The number of likely N-dealkylation sites (tertiary alicyclic amines) is 1. The van der Waals surface area contributed by atoms with Crippen molar-refractivity contribution in [3.8, 4) is 0 Å². The summed E-state index contributed by atoms with van der Waals surface area (Å²) < 4.78 is 11.0. The Bertz CT molecular complexity index is 303. The summed E-state index contributed by atoms with van der Waals surface area (Å²) in [5.41, 5.74) is 0. The van der Waals surface area contributed by atoms with E-state index in [0.717, 1.165) is 58.7 Å². The molecule has 0 aliphatic carbocycles. The Morgan fingerprint density at radius 2 is 1.95 bits per heavy atom. The Morgan fingerprint density at radius 1 is 1.20 bits per heavy atom. The maximum absolute atomic E-state index is 11.7. The molecule has 2 aliphatic rings. The van der Waals surface area contributed by atoms with E-state index in [1.54, 1.807) is 0 Å². The minimum Gasteiger partial charge on any atom is -0.466 e. The van der Waals surface area contributed by atoms with E-state index in [2.05, 4.69) is 16.7 Å². The molecule has 2 heterocycles. The van der Waals surface area contributed by atoms with Gasteiger partial charge in [-0.3, -0.25) is 9.69 Å². The van der Waals surface area contributed by atoms with E-state index in [1.165, 1.54) is 0 Å². The summed E-state index contributed by atoms with van der Waals surface area (Å²) in [5, 5.41) is 0. The molecule has 2 fully saturated rings. The summed E-state index contributed by atoms with van der Waals surface area (Å²) in [5.74, 6) is 0.0869. The van der Waals surface area contributed by atoms with Crippen LogP contribution in [0.3, 0.4) is 0 Å². The lowest BCUT2D eigenvalue weighted by molar-refractivity contribution is -0.149. The van der Waals surface area contributed by atoms with Crippen molar-refractivity contribution in [1.29, 1.82) is 0 Å². The molecule has 5 heteroatoms. The SMILES string of the molecule is CCOC(=O)C1CCN(CC2CN(CC)CCO2)CC1. The molecule has 0 saturated carbocycles. The highest BCUT2D eigenvalue weighted by Crippen LogP contribution is 2.19. The van der Waals surface area contributed by atoms with Crippen LogP contribution in [0.5, 0.6) is 0 Å². The van der Waals surface area contributed by atoms with E-state index >= 15 is 0 Å². The van der Waals surface area contributed by atoms with Gasteiger partial charge in [-0.05, 0) is 39.4 Å². The predicted molar refractivity (Wildman–Crippen MR) is 77.7 cm³/mol. The minimum atomic E-state index is -0.0155. The van der Waals surface area contributed by atoms with Gasteiger partial charge in [0.05, 0.1) is 25.2 Å². The van der Waals surface area contributed by atoms with Crippen molar-refractivity contribution in [2.75, 3.05) is 52.5 Å². The van der Waals surface area contributed by atoms with Crippen LogP contribution in [0, 0.1) is 5.92 Å². The molecule has 1 atom stereocenters. The molecular weight excluding hydrogens is 256 g/mol. The highest BCUT2D eigenvalue weighted by Gasteiger charge is 2.28. The quantitative estimate of drug-likeness (QED) is 0.704. The second-order valence-corrected chi connectivity index (χ2v) is 5.71. The molecule has 116 valence electrons. The Balaban J connectivity index is 1.70. The van der Waals surface area contributed by atoms with Gasteiger partial charge in [-0.2, -0.15) is 0 Å². The van der Waals surface area contributed by atoms with Crippen molar-refractivity contribution in [2.24, 2.45) is 5.92 Å². The van der Waals surface area contributed by atoms with Crippen LogP contribution in [-0.4, -0.2) is 74.4 Å². The lowest BCUT2D eigenvalue weighted by atomic mass is 9.97. The maximum Gasteiger partial charge on any atom is 0.309 e. The second-order valence-electron chi connectivity index (χ2n) is 5.71. The molecule has 1 unspecified atom stereocenters. The number of nitrogens with zero attached hydrogens (tertiary/aromatic N) is 2. The molecule has 0 aromatic heterocycles. The monoisotopic (exact) mass is 284 g/mol. The lowest BCUT2D eigenvalue weighted by Crippen LogP contribution is -2.49. The van der Waals surface area contributed by atoms with Crippen molar-refractivity contribution in [1.82, 2.24) is 9.80 Å². The first-order valence-electron chi connectivity index (χ1n) is 7.95. The van der Waals surface area contributed by atoms with E-state index in [0.29, 0.717) is 12.7 Å². The summed E-state index contributed by atoms with van der Waals surface area (Å²) in [6.45, 7) is 11.5. The first kappa shape index (κ1) is 15.7. The number of esters is 1. The molecule has 2 saturated heterocycles. The smallest absolute Gasteiger partial charge is 0.309 e. The summed E-state index contributed by atoms with van der Waals surface area (Å²) in [7, 11) is 0. The van der Waals surface area contributed by atoms with Crippen LogP contribution in [-0.2, 0) is 14.3 Å². The fourth-order valence-electron chi connectivity index (χ4n) is 3.08. The first-order chi connectivity index (χ1) is 9.72. The highest BCUT2D eigenvalue weighted by atomic mass is 16.5. The Hall–Kier alpha value is -0.650. The number of hydrogen-bond donors (Lipinski definition) is 0. The molecule has 2 aliphatic heterocycles. The molecule has 0 N–H and O–H groups in total. The lowest BCUT2D eigenvalue weighted by Gasteiger charge is -2.37. The summed E-state index contributed by atoms with van der Waals surface area (Å²) in [6, 6.07) is 0. The van der Waals surface area contributed by atoms with Crippen molar-refractivity contribution in [3.05, 3.63) is 0 Å². The van der Waals surface area contributed by atoms with Gasteiger partial charge in [0.15, 0.2) is 0 Å². The van der Waals surface area contributed by atoms with Gasteiger partial charge in [0, 0.05) is 19.6 Å². The standard InChI is InChI=1S/C15H28N2O3/c1-3-16-9-10-20-14(11-16)12-17-7-5-13(6-8-17)15(18)19-4-2/h13-14H,3-12H2,1-2H3. The third-order valence-corrected chi connectivity index (χ3v) is 4.34. The van der Waals surface area contributed by atoms with Crippen LogP contribution in [0.2, 0.25) is 0 Å². The van der Waals surface area contributed by atoms with Gasteiger partial charge in [-0.15, -0.1) is 0 Å². The number of carbonyl (C=O) groups is 1. The number of rotatable bonds is 5. The van der Waals surface area contributed by atoms with Crippen LogP contribution < -0.4 is 0 Å². The number of piperidine rings is 1. The topological polar surface area (TPSA) is 42.0 Å². The normalized spacial score (nSPS) is 26.6. The van der Waals surface area contributed by atoms with Crippen molar-refractivity contribution in [2.45, 2.75) is 32.8 Å². The van der Waals surface area contributed by atoms with Gasteiger partial charge in [0.2, 0.25) is 0 Å². The summed E-state index contributed by atoms with van der Waals surface area (Å²) >= 11 is 0. The van der Waals surface area contributed by atoms with E-state index in [-0.39, 0.29) is 11.9 Å². The first-order valence-corrected chi connectivity index (χ1v) is 7.95. The average Bonchev–Trinajstić information content (AvgIpc) is 2.48. The number of morpholine rings is 1. The molecule has 0 aromatic carbocycles. The molecular formula is C15H28N2O3. The van der Waals surface area contributed by atoms with Gasteiger partial charge >= 0.3 is 5.97 Å². The third-order valence-electron chi connectivity index (χ3n) is 4.34. The zero-order chi connectivity index (χ0) is 14.4. The molecule has 0 radical (unpaired) electrons. The van der Waals surface area contributed by atoms with Gasteiger partial charge < -0.3 is 14.4 Å². The van der Waals surface area contributed by atoms with E-state index in [9.17, 15) is 4.79 Å². The van der Waals surface area contributed by atoms with Crippen molar-refractivity contribution in [3.63, 3.8) is 0 Å². The molecule has 0 bridgehead atoms. The molecule has 0 aromatic rings. The van der Waals surface area contributed by atoms with E-state index < -0.39 is 0 Å². The average molecular weight is 284 g/mol. The Labute approximate surface area is 122 Å². The number of ether oxygens (including phenoxy) is 2. The minimum absolute atomic E-state index is 0.0155. The summed E-state index contributed by atoms with van der Waals surface area (Å²) in [4.78, 5) is 16.6. The van der Waals surface area contributed by atoms with Crippen LogP contribution in [0.15, 0.2) is 0 Å². The summed E-state index contributed by atoms with van der Waals surface area (Å²) in [6.07, 6.45) is 2.16. The molecule has 0 spiro atoms. The van der Waals surface area contributed by atoms with Crippen LogP contribution in [0.25, 0.3) is 0 Å². The Morgan fingerprint density at radius 3 is 2.60 bits per heavy atom. The number of hydrogen-bond acceptors (Lipinski definition) is 5. The largest absolute Gasteiger partial charge is 0.466 e. The van der Waals surface area contributed by atoms with Crippen LogP contribution in [0.4, 0.5) is 0 Å². The third kappa shape index (κ3) is 4.43. The molecule has 5 nitrogen and oxygen atoms in total. The second kappa shape index (κ2) is 7.96. The van der Waals surface area contributed by atoms with Crippen molar-refractivity contribution < 1.29 is 14.3 Å². The predicted octanol–water partition coefficient (Wildman–Crippen LogP) is 0.982. The van der Waals surface area contributed by atoms with Gasteiger partial charge in [-0.25, -0.2) is 0 Å². The fraction of sp³-hybridized carbons (Fsp3) is 0.933. The maximum atomic E-state index is 11.7.